The van der Waals surface area contributed by atoms with E-state index in [-0.39, 0.29) is 12.3 Å². The highest BCUT2D eigenvalue weighted by molar-refractivity contribution is 5.76. The van der Waals surface area contributed by atoms with Gasteiger partial charge in [0.05, 0.1) is 5.52 Å². The summed E-state index contributed by atoms with van der Waals surface area (Å²) in [5.41, 5.74) is 4.04. The number of rotatable bonds is 5. The van der Waals surface area contributed by atoms with Crippen molar-refractivity contribution in [1.29, 1.82) is 0 Å². The Morgan fingerprint density at radius 1 is 1.15 bits per heavy atom. The Hall–Kier alpha value is -2.82. The topological polar surface area (TPSA) is 64.2 Å². The summed E-state index contributed by atoms with van der Waals surface area (Å²) in [6.07, 6.45) is 3.64. The summed E-state index contributed by atoms with van der Waals surface area (Å²) < 4.78 is 6.72. The molecule has 1 N–H and O–H groups in total. The van der Waals surface area contributed by atoms with Crippen molar-refractivity contribution in [1.82, 2.24) is 9.88 Å². The van der Waals surface area contributed by atoms with Crippen LogP contribution in [0.1, 0.15) is 36.3 Å². The Bertz CT molecular complexity index is 986. The number of para-hydroxylation sites is 2. The number of hydrogen-bond acceptors (Lipinski definition) is 3. The average molecular weight is 350 g/mol. The van der Waals surface area contributed by atoms with Crippen molar-refractivity contribution < 1.29 is 9.21 Å². The van der Waals surface area contributed by atoms with Gasteiger partial charge in [-0.1, -0.05) is 36.4 Å². The Kier molecular flexibility index (Phi) is 4.61. The van der Waals surface area contributed by atoms with Crippen molar-refractivity contribution in [3.63, 3.8) is 0 Å². The zero-order valence-corrected chi connectivity index (χ0v) is 14.6. The molecule has 134 valence electrons. The van der Waals surface area contributed by atoms with Crippen molar-refractivity contribution in [3.8, 4) is 0 Å². The van der Waals surface area contributed by atoms with E-state index >= 15 is 0 Å². The first-order valence-corrected chi connectivity index (χ1v) is 9.15. The van der Waals surface area contributed by atoms with Crippen molar-refractivity contribution >= 4 is 17.0 Å². The van der Waals surface area contributed by atoms with Crippen LogP contribution in [0.3, 0.4) is 0 Å². The maximum atomic E-state index is 12.3. The number of nitrogens with one attached hydrogen (secondary N) is 1. The number of aromatic nitrogens is 1. The molecule has 3 aromatic rings. The van der Waals surface area contributed by atoms with E-state index in [2.05, 4.69) is 29.6 Å². The molecule has 0 fully saturated rings. The maximum absolute atomic E-state index is 12.3. The van der Waals surface area contributed by atoms with Gasteiger partial charge in [0, 0.05) is 25.4 Å². The van der Waals surface area contributed by atoms with Crippen LogP contribution in [0.4, 0.5) is 0 Å². The molecular weight excluding hydrogens is 328 g/mol. The lowest BCUT2D eigenvalue weighted by Gasteiger charge is -2.25. The second-order valence-electron chi connectivity index (χ2n) is 6.83. The highest BCUT2D eigenvalue weighted by atomic mass is 16.4. The predicted molar refractivity (Wildman–Crippen MR) is 100 cm³/mol. The largest absolute Gasteiger partial charge is 0.419 e. The smallest absolute Gasteiger partial charge is 0.408 e. The Morgan fingerprint density at radius 3 is 2.88 bits per heavy atom. The zero-order chi connectivity index (χ0) is 17.9. The molecule has 0 radical (unpaired) electrons. The van der Waals surface area contributed by atoms with Crippen molar-refractivity contribution in [2.24, 2.45) is 0 Å². The molecule has 0 unspecified atom stereocenters. The van der Waals surface area contributed by atoms with Crippen LogP contribution in [0.15, 0.2) is 57.7 Å². The SMILES string of the molecule is O=C(CCn1c(=O)oc2ccccc21)NC[C@@H]1CCCc2ccccc21. The average Bonchev–Trinajstić information content (AvgIpc) is 2.99. The van der Waals surface area contributed by atoms with Gasteiger partial charge >= 0.3 is 5.76 Å². The van der Waals surface area contributed by atoms with Gasteiger partial charge in [-0.05, 0) is 42.5 Å². The molecule has 0 aliphatic heterocycles. The third-order valence-electron chi connectivity index (χ3n) is 5.18. The third kappa shape index (κ3) is 3.29. The summed E-state index contributed by atoms with van der Waals surface area (Å²) in [6, 6.07) is 15.8. The van der Waals surface area contributed by atoms with Gasteiger partial charge in [-0.2, -0.15) is 0 Å². The second kappa shape index (κ2) is 7.20. The monoisotopic (exact) mass is 350 g/mol. The van der Waals surface area contributed by atoms with E-state index in [1.54, 1.807) is 6.07 Å². The maximum Gasteiger partial charge on any atom is 0.419 e. The molecule has 1 heterocycles. The fourth-order valence-electron chi connectivity index (χ4n) is 3.83. The van der Waals surface area contributed by atoms with Gasteiger partial charge < -0.3 is 9.73 Å². The summed E-state index contributed by atoms with van der Waals surface area (Å²) >= 11 is 0. The highest BCUT2D eigenvalue weighted by Gasteiger charge is 2.20. The minimum atomic E-state index is -0.416. The molecule has 4 rings (SSSR count). The van der Waals surface area contributed by atoms with E-state index < -0.39 is 5.76 Å². The van der Waals surface area contributed by atoms with Crippen LogP contribution >= 0.6 is 0 Å². The quantitative estimate of drug-likeness (QED) is 0.768. The fourth-order valence-corrected chi connectivity index (χ4v) is 3.83. The van der Waals surface area contributed by atoms with Crippen molar-refractivity contribution in [2.45, 2.75) is 38.1 Å². The number of fused-ring (bicyclic) bond motifs is 2. The van der Waals surface area contributed by atoms with Crippen molar-refractivity contribution in [3.05, 3.63) is 70.2 Å². The van der Waals surface area contributed by atoms with Gasteiger partial charge in [0.25, 0.3) is 0 Å². The van der Waals surface area contributed by atoms with E-state index in [4.69, 9.17) is 4.42 Å². The number of carbonyl (C=O) groups excluding carboxylic acids is 1. The lowest BCUT2D eigenvalue weighted by molar-refractivity contribution is -0.121. The van der Waals surface area contributed by atoms with Gasteiger partial charge in [0.15, 0.2) is 5.58 Å². The first-order valence-electron chi connectivity index (χ1n) is 9.15. The number of aryl methyl sites for hydroxylation is 2. The minimum absolute atomic E-state index is 0.0368. The van der Waals surface area contributed by atoms with E-state index in [9.17, 15) is 9.59 Å². The first-order chi connectivity index (χ1) is 12.7. The highest BCUT2D eigenvalue weighted by Crippen LogP contribution is 2.30. The molecule has 0 spiro atoms. The van der Waals surface area contributed by atoms with Gasteiger partial charge in [-0.15, -0.1) is 0 Å². The molecule has 0 saturated heterocycles. The fraction of sp³-hybridized carbons (Fsp3) is 0.333. The van der Waals surface area contributed by atoms with Gasteiger partial charge in [-0.3, -0.25) is 9.36 Å². The Labute approximate surface area is 151 Å². The van der Waals surface area contributed by atoms with Crippen LogP contribution in [-0.4, -0.2) is 17.0 Å². The summed E-state index contributed by atoms with van der Waals surface area (Å²) in [4.78, 5) is 24.2. The van der Waals surface area contributed by atoms with Crippen molar-refractivity contribution in [2.75, 3.05) is 6.54 Å². The standard InChI is InChI=1S/C21H22N2O3/c24-20(12-13-23-18-10-3-4-11-19(18)26-21(23)25)22-14-16-8-5-7-15-6-1-2-9-17(15)16/h1-4,6,9-11,16H,5,7-8,12-14H2,(H,22,24)/t16-/m0/s1. The lowest BCUT2D eigenvalue weighted by atomic mass is 9.83. The number of carbonyl (C=O) groups is 1. The van der Waals surface area contributed by atoms with Crippen LogP contribution in [-0.2, 0) is 17.8 Å². The normalized spacial score (nSPS) is 16.4. The van der Waals surface area contributed by atoms with Crippen LogP contribution in [0.25, 0.3) is 11.1 Å². The molecule has 1 aromatic heterocycles. The number of benzene rings is 2. The van der Waals surface area contributed by atoms with Gasteiger partial charge in [-0.25, -0.2) is 4.79 Å². The molecule has 1 aliphatic rings. The summed E-state index contributed by atoms with van der Waals surface area (Å²) in [6.45, 7) is 0.972. The molecule has 5 nitrogen and oxygen atoms in total. The second-order valence-corrected chi connectivity index (χ2v) is 6.83. The number of amides is 1. The molecule has 26 heavy (non-hydrogen) atoms. The van der Waals surface area contributed by atoms with E-state index in [1.165, 1.54) is 15.7 Å². The molecule has 1 amide bonds. The zero-order valence-electron chi connectivity index (χ0n) is 14.6. The van der Waals surface area contributed by atoms with Crippen LogP contribution in [0.5, 0.6) is 0 Å². The predicted octanol–water partition coefficient (Wildman–Crippen LogP) is 3.22. The van der Waals surface area contributed by atoms with Crippen LogP contribution in [0, 0.1) is 0 Å². The summed E-state index contributed by atoms with van der Waals surface area (Å²) in [7, 11) is 0. The molecule has 1 atom stereocenters. The van der Waals surface area contributed by atoms with Crippen LogP contribution < -0.4 is 11.1 Å². The third-order valence-corrected chi connectivity index (χ3v) is 5.18. The minimum Gasteiger partial charge on any atom is -0.408 e. The molecule has 0 saturated carbocycles. The molecular formula is C21H22N2O3. The first kappa shape index (κ1) is 16.6. The summed E-state index contributed by atoms with van der Waals surface area (Å²) in [5, 5.41) is 3.04. The lowest BCUT2D eigenvalue weighted by Crippen LogP contribution is -2.31. The summed E-state index contributed by atoms with van der Waals surface area (Å²) in [5.74, 6) is -0.0770. The molecule has 5 heteroatoms. The Morgan fingerprint density at radius 2 is 1.96 bits per heavy atom. The number of nitrogens with zero attached hydrogens (tertiary/aromatic N) is 1. The number of hydrogen-bond donors (Lipinski definition) is 1. The van der Waals surface area contributed by atoms with E-state index in [0.717, 1.165) is 24.8 Å². The van der Waals surface area contributed by atoms with E-state index in [1.807, 2.05) is 18.2 Å². The molecule has 0 bridgehead atoms. The van der Waals surface area contributed by atoms with E-state index in [0.29, 0.717) is 24.6 Å². The molecule has 1 aliphatic carbocycles. The van der Waals surface area contributed by atoms with Gasteiger partial charge in [0.2, 0.25) is 5.91 Å². The Balaban J connectivity index is 1.36. The molecule has 2 aromatic carbocycles. The number of oxazole rings is 1. The van der Waals surface area contributed by atoms with Crippen LogP contribution in [0.2, 0.25) is 0 Å². The van der Waals surface area contributed by atoms with Gasteiger partial charge in [0.1, 0.15) is 0 Å².